The molecule has 1 unspecified atom stereocenters. The van der Waals surface area contributed by atoms with Gasteiger partial charge < -0.3 is 10.1 Å². The molecule has 2 aromatic heterocycles. The van der Waals surface area contributed by atoms with E-state index in [1.807, 2.05) is 42.1 Å². The predicted molar refractivity (Wildman–Crippen MR) is 98.4 cm³/mol. The van der Waals surface area contributed by atoms with E-state index in [9.17, 15) is 4.39 Å². The summed E-state index contributed by atoms with van der Waals surface area (Å²) >= 11 is 0. The van der Waals surface area contributed by atoms with Gasteiger partial charge >= 0.3 is 0 Å². The van der Waals surface area contributed by atoms with Crippen LogP contribution in [0.5, 0.6) is 0 Å². The maximum atomic E-state index is 13.3. The predicted octanol–water partition coefficient (Wildman–Crippen LogP) is 3.39. The van der Waals surface area contributed by atoms with E-state index in [0.717, 1.165) is 29.1 Å². The second-order valence-corrected chi connectivity index (χ2v) is 6.72. The van der Waals surface area contributed by atoms with Crippen LogP contribution in [-0.2, 0) is 17.2 Å². The first-order valence-corrected chi connectivity index (χ1v) is 8.68. The lowest BCUT2D eigenvalue weighted by Crippen LogP contribution is -2.35. The molecule has 4 rings (SSSR count). The Morgan fingerprint density at radius 2 is 2.12 bits per heavy atom. The molecule has 134 valence electrons. The van der Waals surface area contributed by atoms with E-state index in [1.54, 1.807) is 12.4 Å². The molecule has 6 heteroatoms. The molecule has 1 N–H and O–H groups in total. The van der Waals surface area contributed by atoms with Crippen LogP contribution >= 0.6 is 0 Å². The summed E-state index contributed by atoms with van der Waals surface area (Å²) in [5.74, 6) is 0.709. The molecule has 1 atom stereocenters. The van der Waals surface area contributed by atoms with Gasteiger partial charge in [-0.3, -0.25) is 9.67 Å². The lowest BCUT2D eigenvalue weighted by atomic mass is 9.79. The standard InChI is InChI=1S/C20H21FN4O/c1-25-19(11-18(24-25)15-3-2-9-22-12-15)23-13-20(8-10-26-14-20)16-4-6-17(21)7-5-16/h2-7,9,11-12,23H,8,10,13-14H2,1H3. The molecule has 1 aliphatic heterocycles. The molecular formula is C20H21FN4O. The van der Waals surface area contributed by atoms with Crippen molar-refractivity contribution in [3.05, 3.63) is 66.2 Å². The minimum absolute atomic E-state index is 0.160. The molecule has 1 fully saturated rings. The van der Waals surface area contributed by atoms with Crippen LogP contribution in [0.1, 0.15) is 12.0 Å². The van der Waals surface area contributed by atoms with Crippen molar-refractivity contribution in [2.75, 3.05) is 25.1 Å². The third kappa shape index (κ3) is 3.20. The highest BCUT2D eigenvalue weighted by Gasteiger charge is 2.36. The van der Waals surface area contributed by atoms with Gasteiger partial charge in [-0.1, -0.05) is 12.1 Å². The van der Waals surface area contributed by atoms with Crippen molar-refractivity contribution < 1.29 is 9.13 Å². The first-order chi connectivity index (χ1) is 12.7. The number of pyridine rings is 1. The van der Waals surface area contributed by atoms with Gasteiger partial charge in [0.2, 0.25) is 0 Å². The zero-order chi connectivity index (χ0) is 18.0. The topological polar surface area (TPSA) is 52.0 Å². The third-order valence-corrected chi connectivity index (χ3v) is 5.00. The summed E-state index contributed by atoms with van der Waals surface area (Å²) in [6.07, 6.45) is 4.45. The van der Waals surface area contributed by atoms with Crippen LogP contribution < -0.4 is 5.32 Å². The monoisotopic (exact) mass is 352 g/mol. The van der Waals surface area contributed by atoms with Gasteiger partial charge in [-0.25, -0.2) is 4.39 Å². The molecule has 0 amide bonds. The number of hydrogen-bond acceptors (Lipinski definition) is 4. The molecule has 26 heavy (non-hydrogen) atoms. The van der Waals surface area contributed by atoms with Gasteiger partial charge in [0.1, 0.15) is 11.6 Å². The van der Waals surface area contributed by atoms with Crippen molar-refractivity contribution in [2.24, 2.45) is 7.05 Å². The lowest BCUT2D eigenvalue weighted by molar-refractivity contribution is 0.179. The van der Waals surface area contributed by atoms with Crippen LogP contribution in [0, 0.1) is 5.82 Å². The summed E-state index contributed by atoms with van der Waals surface area (Å²) in [7, 11) is 1.91. The van der Waals surface area contributed by atoms with Gasteiger partial charge in [0, 0.05) is 49.6 Å². The van der Waals surface area contributed by atoms with Gasteiger partial charge in [-0.15, -0.1) is 0 Å². The average Bonchev–Trinajstić information content (AvgIpc) is 3.29. The second-order valence-electron chi connectivity index (χ2n) is 6.72. The highest BCUT2D eigenvalue weighted by Crippen LogP contribution is 2.34. The summed E-state index contributed by atoms with van der Waals surface area (Å²) in [6.45, 7) is 2.04. The molecule has 3 aromatic rings. The summed E-state index contributed by atoms with van der Waals surface area (Å²) < 4.78 is 20.8. The van der Waals surface area contributed by atoms with Crippen LogP contribution in [0.2, 0.25) is 0 Å². The van der Waals surface area contributed by atoms with Gasteiger partial charge in [0.25, 0.3) is 0 Å². The molecule has 0 spiro atoms. The number of aryl methyl sites for hydroxylation is 1. The fourth-order valence-electron chi connectivity index (χ4n) is 3.43. The van der Waals surface area contributed by atoms with Gasteiger partial charge in [-0.2, -0.15) is 5.10 Å². The minimum atomic E-state index is -0.219. The number of ether oxygens (including phenoxy) is 1. The summed E-state index contributed by atoms with van der Waals surface area (Å²) in [4.78, 5) is 4.15. The maximum Gasteiger partial charge on any atom is 0.124 e. The number of hydrogen-bond donors (Lipinski definition) is 1. The molecule has 3 heterocycles. The molecule has 0 saturated carbocycles. The Morgan fingerprint density at radius 1 is 1.27 bits per heavy atom. The fraction of sp³-hybridized carbons (Fsp3) is 0.300. The SMILES string of the molecule is Cn1nc(-c2cccnc2)cc1NCC1(c2ccc(F)cc2)CCOC1. The zero-order valence-electron chi connectivity index (χ0n) is 14.7. The first kappa shape index (κ1) is 16.7. The third-order valence-electron chi connectivity index (χ3n) is 5.00. The normalized spacial score (nSPS) is 19.6. The number of anilines is 1. The Kier molecular flexibility index (Phi) is 4.42. The molecule has 0 aliphatic carbocycles. The van der Waals surface area contributed by atoms with Crippen molar-refractivity contribution >= 4 is 5.82 Å². The molecule has 5 nitrogen and oxygen atoms in total. The highest BCUT2D eigenvalue weighted by atomic mass is 19.1. The molecular weight excluding hydrogens is 331 g/mol. The van der Waals surface area contributed by atoms with Gasteiger partial charge in [-0.05, 0) is 36.2 Å². The molecule has 1 aromatic carbocycles. The summed E-state index contributed by atoms with van der Waals surface area (Å²) in [5, 5.41) is 8.07. The number of halogens is 1. The molecule has 1 saturated heterocycles. The van der Waals surface area contributed by atoms with Crippen molar-refractivity contribution in [1.82, 2.24) is 14.8 Å². The molecule has 0 radical (unpaired) electrons. The van der Waals surface area contributed by atoms with Crippen molar-refractivity contribution in [2.45, 2.75) is 11.8 Å². The van der Waals surface area contributed by atoms with Crippen LogP contribution in [0.15, 0.2) is 54.9 Å². The number of aromatic nitrogens is 3. The fourth-order valence-corrected chi connectivity index (χ4v) is 3.43. The highest BCUT2D eigenvalue weighted by molar-refractivity contribution is 5.62. The summed E-state index contributed by atoms with van der Waals surface area (Å²) in [6, 6.07) is 12.7. The Hall–Kier alpha value is -2.73. The van der Waals surface area contributed by atoms with E-state index in [-0.39, 0.29) is 11.2 Å². The van der Waals surface area contributed by atoms with E-state index in [1.165, 1.54) is 12.1 Å². The number of rotatable bonds is 5. The lowest BCUT2D eigenvalue weighted by Gasteiger charge is -2.28. The van der Waals surface area contributed by atoms with Crippen LogP contribution in [0.4, 0.5) is 10.2 Å². The second kappa shape index (κ2) is 6.88. The quantitative estimate of drug-likeness (QED) is 0.765. The molecule has 0 bridgehead atoms. The van der Waals surface area contributed by atoms with E-state index in [0.29, 0.717) is 19.8 Å². The Morgan fingerprint density at radius 3 is 2.81 bits per heavy atom. The van der Waals surface area contributed by atoms with Crippen molar-refractivity contribution in [3.63, 3.8) is 0 Å². The molecule has 1 aliphatic rings. The van der Waals surface area contributed by atoms with Crippen LogP contribution in [0.25, 0.3) is 11.3 Å². The Balaban J connectivity index is 1.55. The van der Waals surface area contributed by atoms with Crippen molar-refractivity contribution in [3.8, 4) is 11.3 Å². The number of benzene rings is 1. The zero-order valence-corrected chi connectivity index (χ0v) is 14.7. The first-order valence-electron chi connectivity index (χ1n) is 8.68. The van der Waals surface area contributed by atoms with Crippen molar-refractivity contribution in [1.29, 1.82) is 0 Å². The Labute approximate surface area is 151 Å². The largest absolute Gasteiger partial charge is 0.380 e. The minimum Gasteiger partial charge on any atom is -0.380 e. The smallest absolute Gasteiger partial charge is 0.124 e. The number of nitrogens with zero attached hydrogens (tertiary/aromatic N) is 3. The number of nitrogens with one attached hydrogen (secondary N) is 1. The summed E-state index contributed by atoms with van der Waals surface area (Å²) in [5.41, 5.74) is 2.79. The Bertz CT molecular complexity index is 871. The van der Waals surface area contributed by atoms with E-state index in [2.05, 4.69) is 15.4 Å². The average molecular weight is 352 g/mol. The van der Waals surface area contributed by atoms with Gasteiger partial charge in [0.05, 0.1) is 12.3 Å². The van der Waals surface area contributed by atoms with E-state index < -0.39 is 0 Å². The van der Waals surface area contributed by atoms with E-state index >= 15 is 0 Å². The maximum absolute atomic E-state index is 13.3. The van der Waals surface area contributed by atoms with Crippen LogP contribution in [-0.4, -0.2) is 34.5 Å². The van der Waals surface area contributed by atoms with E-state index in [4.69, 9.17) is 4.74 Å². The van der Waals surface area contributed by atoms with Gasteiger partial charge in [0.15, 0.2) is 0 Å². The van der Waals surface area contributed by atoms with Crippen LogP contribution in [0.3, 0.4) is 0 Å².